The predicted molar refractivity (Wildman–Crippen MR) is 106 cm³/mol. The van der Waals surface area contributed by atoms with E-state index in [2.05, 4.69) is 10.3 Å². The van der Waals surface area contributed by atoms with Gasteiger partial charge < -0.3 is 15.5 Å². The van der Waals surface area contributed by atoms with Crippen molar-refractivity contribution >= 4 is 5.91 Å². The summed E-state index contributed by atoms with van der Waals surface area (Å²) < 4.78 is 5.55. The van der Waals surface area contributed by atoms with E-state index in [0.29, 0.717) is 18.9 Å². The first kappa shape index (κ1) is 18.9. The Morgan fingerprint density at radius 3 is 2.56 bits per heavy atom. The lowest BCUT2D eigenvalue weighted by molar-refractivity contribution is -0.125. The van der Waals surface area contributed by atoms with Crippen LogP contribution in [0.25, 0.3) is 11.5 Å². The molecule has 0 saturated heterocycles. The topological polar surface area (TPSA) is 81.2 Å². The molecule has 1 amide bonds. The molecule has 3 aromatic rings. The first-order valence-electron chi connectivity index (χ1n) is 9.14. The van der Waals surface area contributed by atoms with E-state index in [0.717, 1.165) is 16.8 Å². The second-order valence-corrected chi connectivity index (χ2v) is 6.78. The van der Waals surface area contributed by atoms with Gasteiger partial charge in [0.1, 0.15) is 6.26 Å². The zero-order valence-corrected chi connectivity index (χ0v) is 15.7. The van der Waals surface area contributed by atoms with Crippen LogP contribution in [0.4, 0.5) is 0 Å². The summed E-state index contributed by atoms with van der Waals surface area (Å²) in [5, 5.41) is 2.94. The van der Waals surface area contributed by atoms with Crippen LogP contribution in [0, 0.1) is 12.8 Å². The molecule has 0 aliphatic carbocycles. The molecule has 0 aliphatic rings. The lowest BCUT2D eigenvalue weighted by Gasteiger charge is -2.19. The summed E-state index contributed by atoms with van der Waals surface area (Å²) in [6, 6.07) is 17.4. The molecule has 27 heavy (non-hydrogen) atoms. The maximum atomic E-state index is 12.4. The van der Waals surface area contributed by atoms with E-state index in [1.807, 2.05) is 68.4 Å². The number of benzene rings is 2. The number of aryl methyl sites for hydroxylation is 1. The van der Waals surface area contributed by atoms with E-state index >= 15 is 0 Å². The Bertz CT molecular complexity index is 872. The number of oxazole rings is 1. The average molecular weight is 363 g/mol. The van der Waals surface area contributed by atoms with Crippen LogP contribution in [-0.2, 0) is 11.2 Å². The quantitative estimate of drug-likeness (QED) is 0.671. The second-order valence-electron chi connectivity index (χ2n) is 6.78. The lowest BCUT2D eigenvalue weighted by Crippen LogP contribution is -2.36. The van der Waals surface area contributed by atoms with Crippen molar-refractivity contribution in [2.45, 2.75) is 26.3 Å². The number of aromatic nitrogens is 1. The normalized spacial score (nSPS) is 13.1. The van der Waals surface area contributed by atoms with Gasteiger partial charge in [-0.2, -0.15) is 0 Å². The molecule has 140 valence electrons. The average Bonchev–Trinajstić information content (AvgIpc) is 3.17. The van der Waals surface area contributed by atoms with Gasteiger partial charge >= 0.3 is 0 Å². The minimum Gasteiger partial charge on any atom is -0.444 e. The molecule has 5 nitrogen and oxygen atoms in total. The summed E-state index contributed by atoms with van der Waals surface area (Å²) in [6.07, 6.45) is 2.24. The van der Waals surface area contributed by atoms with Crippen molar-refractivity contribution in [1.82, 2.24) is 10.3 Å². The maximum absolute atomic E-state index is 12.4. The fourth-order valence-corrected chi connectivity index (χ4v) is 2.85. The second kappa shape index (κ2) is 8.64. The lowest BCUT2D eigenvalue weighted by atomic mass is 9.94. The molecule has 5 heteroatoms. The highest BCUT2D eigenvalue weighted by Gasteiger charge is 2.21. The third-order valence-corrected chi connectivity index (χ3v) is 4.67. The van der Waals surface area contributed by atoms with Gasteiger partial charge in [0.25, 0.3) is 0 Å². The number of hydrogen-bond acceptors (Lipinski definition) is 4. The van der Waals surface area contributed by atoms with Gasteiger partial charge in [-0.1, -0.05) is 55.0 Å². The summed E-state index contributed by atoms with van der Waals surface area (Å²) in [7, 11) is 0. The van der Waals surface area contributed by atoms with Gasteiger partial charge in [0.2, 0.25) is 11.8 Å². The molecule has 1 aromatic heterocycles. The van der Waals surface area contributed by atoms with Crippen LogP contribution in [0.15, 0.2) is 65.3 Å². The molecule has 0 bridgehead atoms. The number of hydrogen-bond donors (Lipinski definition) is 2. The predicted octanol–water partition coefficient (Wildman–Crippen LogP) is 3.64. The first-order valence-corrected chi connectivity index (χ1v) is 9.14. The number of nitrogens with zero attached hydrogens (tertiary/aromatic N) is 1. The standard InChI is InChI=1S/C22H25N3O2/c1-15-8-10-18(11-9-15)22-25-19(14-27-22)12-13-24-21(26)16(2)20(23)17-6-4-3-5-7-17/h3-11,14,16,20H,12-13,23H2,1-2H3,(H,24,26). The molecule has 3 N–H and O–H groups in total. The largest absolute Gasteiger partial charge is 0.444 e. The van der Waals surface area contributed by atoms with E-state index in [1.165, 1.54) is 5.56 Å². The Hall–Kier alpha value is -2.92. The van der Waals surface area contributed by atoms with Crippen molar-refractivity contribution < 1.29 is 9.21 Å². The van der Waals surface area contributed by atoms with Crippen molar-refractivity contribution in [2.24, 2.45) is 11.7 Å². The highest BCUT2D eigenvalue weighted by molar-refractivity contribution is 5.79. The van der Waals surface area contributed by atoms with Crippen LogP contribution < -0.4 is 11.1 Å². The fourth-order valence-electron chi connectivity index (χ4n) is 2.85. The SMILES string of the molecule is Cc1ccc(-c2nc(CCNC(=O)C(C)C(N)c3ccccc3)co2)cc1. The highest BCUT2D eigenvalue weighted by Crippen LogP contribution is 2.20. The Labute approximate surface area is 159 Å². The summed E-state index contributed by atoms with van der Waals surface area (Å²) in [6.45, 7) is 4.38. The molecule has 0 radical (unpaired) electrons. The van der Waals surface area contributed by atoms with Crippen LogP contribution in [0.2, 0.25) is 0 Å². The van der Waals surface area contributed by atoms with Crippen molar-refractivity contribution in [2.75, 3.05) is 6.54 Å². The van der Waals surface area contributed by atoms with Crippen molar-refractivity contribution in [3.05, 3.63) is 77.7 Å². The third kappa shape index (κ3) is 4.83. The summed E-state index contributed by atoms with van der Waals surface area (Å²) in [4.78, 5) is 16.9. The van der Waals surface area contributed by atoms with Gasteiger partial charge in [-0.3, -0.25) is 4.79 Å². The van der Waals surface area contributed by atoms with Gasteiger partial charge in [-0.05, 0) is 24.6 Å². The van der Waals surface area contributed by atoms with Crippen molar-refractivity contribution in [1.29, 1.82) is 0 Å². The number of amides is 1. The minimum atomic E-state index is -0.327. The minimum absolute atomic E-state index is 0.0615. The Morgan fingerprint density at radius 2 is 1.85 bits per heavy atom. The molecule has 0 spiro atoms. The summed E-state index contributed by atoms with van der Waals surface area (Å²) >= 11 is 0. The van der Waals surface area contributed by atoms with Crippen LogP contribution in [-0.4, -0.2) is 17.4 Å². The van der Waals surface area contributed by atoms with E-state index in [9.17, 15) is 4.79 Å². The van der Waals surface area contributed by atoms with Crippen LogP contribution in [0.5, 0.6) is 0 Å². The van der Waals surface area contributed by atoms with Gasteiger partial charge in [-0.25, -0.2) is 4.98 Å². The van der Waals surface area contributed by atoms with Gasteiger partial charge in [0, 0.05) is 24.6 Å². The van der Waals surface area contributed by atoms with Crippen molar-refractivity contribution in [3.8, 4) is 11.5 Å². The van der Waals surface area contributed by atoms with Gasteiger partial charge in [0.05, 0.1) is 11.6 Å². The Balaban J connectivity index is 1.51. The van der Waals surface area contributed by atoms with Crippen LogP contribution in [0.1, 0.15) is 29.8 Å². The molecular weight excluding hydrogens is 338 g/mol. The summed E-state index contributed by atoms with van der Waals surface area (Å²) in [5.74, 6) is 0.220. The smallest absolute Gasteiger partial charge is 0.226 e. The molecule has 3 rings (SSSR count). The van der Waals surface area contributed by atoms with E-state index in [4.69, 9.17) is 10.2 Å². The number of carbonyl (C=O) groups excluding carboxylic acids is 1. The van der Waals surface area contributed by atoms with Gasteiger partial charge in [0.15, 0.2) is 0 Å². The number of carbonyl (C=O) groups is 1. The first-order chi connectivity index (χ1) is 13.0. The van der Waals surface area contributed by atoms with Gasteiger partial charge in [-0.15, -0.1) is 0 Å². The van der Waals surface area contributed by atoms with Crippen molar-refractivity contribution in [3.63, 3.8) is 0 Å². The van der Waals surface area contributed by atoms with E-state index in [1.54, 1.807) is 6.26 Å². The molecule has 0 aliphatic heterocycles. The third-order valence-electron chi connectivity index (χ3n) is 4.67. The number of nitrogens with one attached hydrogen (secondary N) is 1. The monoisotopic (exact) mass is 363 g/mol. The zero-order valence-electron chi connectivity index (χ0n) is 15.7. The van der Waals surface area contributed by atoms with Crippen LogP contribution >= 0.6 is 0 Å². The summed E-state index contributed by atoms with van der Waals surface area (Å²) in [5.41, 5.74) is 10.1. The molecular formula is C22H25N3O2. The molecule has 2 unspecified atom stereocenters. The van der Waals surface area contributed by atoms with E-state index < -0.39 is 0 Å². The zero-order chi connectivity index (χ0) is 19.2. The fraction of sp³-hybridized carbons (Fsp3) is 0.273. The molecule has 2 aromatic carbocycles. The highest BCUT2D eigenvalue weighted by atomic mass is 16.3. The molecule has 2 atom stereocenters. The Morgan fingerprint density at radius 1 is 1.15 bits per heavy atom. The molecule has 0 saturated carbocycles. The van der Waals surface area contributed by atoms with Crippen LogP contribution in [0.3, 0.4) is 0 Å². The molecule has 0 fully saturated rings. The number of nitrogens with two attached hydrogens (primary N) is 1. The Kier molecular flexibility index (Phi) is 6.04. The van der Waals surface area contributed by atoms with E-state index in [-0.39, 0.29) is 17.9 Å². The number of rotatable bonds is 7. The molecule has 1 heterocycles. The maximum Gasteiger partial charge on any atom is 0.226 e.